The lowest BCUT2D eigenvalue weighted by Crippen LogP contribution is -2.13. The number of carbonyl (C=O) groups is 1. The Morgan fingerprint density at radius 3 is 2.27 bits per heavy atom. The molecule has 0 rings (SSSR count). The zero-order valence-corrected chi connectivity index (χ0v) is 10.4. The average molecular weight is 216 g/mol. The first kappa shape index (κ1) is 14.4. The Hall–Kier alpha value is -0.570. The molecule has 0 saturated carbocycles. The van der Waals surface area contributed by atoms with Gasteiger partial charge in [0.05, 0.1) is 12.5 Å². The van der Waals surface area contributed by atoms with Gasteiger partial charge in [-0.1, -0.05) is 27.7 Å². The van der Waals surface area contributed by atoms with Crippen molar-refractivity contribution in [2.75, 3.05) is 19.8 Å². The SMILES string of the molecule is CC(C)CCOCCCOC(=O)C(C)C. The van der Waals surface area contributed by atoms with Gasteiger partial charge in [-0.2, -0.15) is 0 Å². The number of esters is 1. The highest BCUT2D eigenvalue weighted by molar-refractivity contribution is 5.71. The Bertz CT molecular complexity index is 164. The molecule has 90 valence electrons. The molecule has 3 heteroatoms. The summed E-state index contributed by atoms with van der Waals surface area (Å²) in [5, 5.41) is 0. The smallest absolute Gasteiger partial charge is 0.308 e. The second kappa shape index (κ2) is 8.72. The molecule has 0 aliphatic heterocycles. The lowest BCUT2D eigenvalue weighted by Gasteiger charge is -2.08. The molecule has 0 aromatic rings. The summed E-state index contributed by atoms with van der Waals surface area (Å²) in [6, 6.07) is 0. The van der Waals surface area contributed by atoms with Gasteiger partial charge in [0.1, 0.15) is 0 Å². The van der Waals surface area contributed by atoms with E-state index < -0.39 is 0 Å². The summed E-state index contributed by atoms with van der Waals surface area (Å²) in [7, 11) is 0. The minimum absolute atomic E-state index is 0.0353. The van der Waals surface area contributed by atoms with E-state index >= 15 is 0 Å². The molecule has 0 aromatic heterocycles. The van der Waals surface area contributed by atoms with Crippen LogP contribution in [0.5, 0.6) is 0 Å². The fourth-order valence-corrected chi connectivity index (χ4v) is 0.922. The van der Waals surface area contributed by atoms with E-state index in [0.29, 0.717) is 19.1 Å². The molecule has 0 aromatic carbocycles. The molecule has 0 radical (unpaired) electrons. The van der Waals surface area contributed by atoms with E-state index in [-0.39, 0.29) is 11.9 Å². The topological polar surface area (TPSA) is 35.5 Å². The number of ether oxygens (including phenoxy) is 2. The van der Waals surface area contributed by atoms with Gasteiger partial charge in [-0.25, -0.2) is 0 Å². The van der Waals surface area contributed by atoms with Gasteiger partial charge < -0.3 is 9.47 Å². The first-order valence-electron chi connectivity index (χ1n) is 5.78. The molecule has 0 atom stereocenters. The van der Waals surface area contributed by atoms with E-state index in [0.717, 1.165) is 19.4 Å². The van der Waals surface area contributed by atoms with Crippen LogP contribution >= 0.6 is 0 Å². The quantitative estimate of drug-likeness (QED) is 0.462. The van der Waals surface area contributed by atoms with Crippen LogP contribution in [0.25, 0.3) is 0 Å². The molecule has 0 aliphatic carbocycles. The Morgan fingerprint density at radius 1 is 1.07 bits per heavy atom. The Morgan fingerprint density at radius 2 is 1.73 bits per heavy atom. The van der Waals surface area contributed by atoms with Gasteiger partial charge in [-0.05, 0) is 12.3 Å². The van der Waals surface area contributed by atoms with Crippen molar-refractivity contribution >= 4 is 5.97 Å². The first-order chi connectivity index (χ1) is 7.04. The second-order valence-corrected chi connectivity index (χ2v) is 4.47. The van der Waals surface area contributed by atoms with Gasteiger partial charge in [0.2, 0.25) is 0 Å². The molecular formula is C12H24O3. The third-order valence-corrected chi connectivity index (χ3v) is 1.99. The van der Waals surface area contributed by atoms with Crippen LogP contribution in [-0.2, 0) is 14.3 Å². The average Bonchev–Trinajstić information content (AvgIpc) is 2.15. The maximum atomic E-state index is 11.1. The van der Waals surface area contributed by atoms with Crippen LogP contribution in [0, 0.1) is 11.8 Å². The van der Waals surface area contributed by atoms with E-state index in [9.17, 15) is 4.79 Å². The predicted molar refractivity (Wildman–Crippen MR) is 60.7 cm³/mol. The van der Waals surface area contributed by atoms with Gasteiger partial charge in [0.25, 0.3) is 0 Å². The van der Waals surface area contributed by atoms with Crippen LogP contribution in [-0.4, -0.2) is 25.8 Å². The highest BCUT2D eigenvalue weighted by Crippen LogP contribution is 2.00. The molecule has 0 aliphatic rings. The first-order valence-corrected chi connectivity index (χ1v) is 5.78. The number of rotatable bonds is 8. The molecule has 0 spiro atoms. The van der Waals surface area contributed by atoms with Crippen LogP contribution < -0.4 is 0 Å². The lowest BCUT2D eigenvalue weighted by molar-refractivity contribution is -0.147. The van der Waals surface area contributed by atoms with Crippen molar-refractivity contribution in [1.29, 1.82) is 0 Å². The number of hydrogen-bond donors (Lipinski definition) is 0. The Labute approximate surface area is 93.1 Å². The van der Waals surface area contributed by atoms with Crippen molar-refractivity contribution in [2.45, 2.75) is 40.5 Å². The zero-order valence-electron chi connectivity index (χ0n) is 10.4. The fourth-order valence-electron chi connectivity index (χ4n) is 0.922. The lowest BCUT2D eigenvalue weighted by atomic mass is 10.1. The van der Waals surface area contributed by atoms with Gasteiger partial charge in [0, 0.05) is 19.6 Å². The van der Waals surface area contributed by atoms with E-state index in [4.69, 9.17) is 9.47 Å². The van der Waals surface area contributed by atoms with Crippen LogP contribution in [0.3, 0.4) is 0 Å². The fraction of sp³-hybridized carbons (Fsp3) is 0.917. The highest BCUT2D eigenvalue weighted by atomic mass is 16.5. The molecule has 0 N–H and O–H groups in total. The van der Waals surface area contributed by atoms with Crippen LogP contribution in [0.4, 0.5) is 0 Å². The monoisotopic (exact) mass is 216 g/mol. The molecule has 0 heterocycles. The molecule has 0 fully saturated rings. The maximum Gasteiger partial charge on any atom is 0.308 e. The van der Waals surface area contributed by atoms with Crippen molar-refractivity contribution in [3.05, 3.63) is 0 Å². The molecule has 0 bridgehead atoms. The van der Waals surface area contributed by atoms with E-state index in [2.05, 4.69) is 13.8 Å². The third-order valence-electron chi connectivity index (χ3n) is 1.99. The van der Waals surface area contributed by atoms with Gasteiger partial charge in [0.15, 0.2) is 0 Å². The van der Waals surface area contributed by atoms with Crippen molar-refractivity contribution in [2.24, 2.45) is 11.8 Å². The molecule has 0 saturated heterocycles. The standard InChI is InChI=1S/C12H24O3/c1-10(2)6-9-14-7-5-8-15-12(13)11(3)4/h10-11H,5-9H2,1-4H3. The Kier molecular flexibility index (Phi) is 8.38. The molecule has 0 amide bonds. The van der Waals surface area contributed by atoms with Gasteiger partial charge in [-0.15, -0.1) is 0 Å². The normalized spacial score (nSPS) is 11.1. The zero-order chi connectivity index (χ0) is 11.7. The van der Waals surface area contributed by atoms with Crippen LogP contribution in [0.15, 0.2) is 0 Å². The predicted octanol–water partition coefficient (Wildman–Crippen LogP) is 2.64. The van der Waals surface area contributed by atoms with Crippen LogP contribution in [0.2, 0.25) is 0 Å². The highest BCUT2D eigenvalue weighted by Gasteiger charge is 2.06. The summed E-state index contributed by atoms with van der Waals surface area (Å²) >= 11 is 0. The van der Waals surface area contributed by atoms with Crippen molar-refractivity contribution in [1.82, 2.24) is 0 Å². The van der Waals surface area contributed by atoms with E-state index in [1.165, 1.54) is 0 Å². The molecular weight excluding hydrogens is 192 g/mol. The van der Waals surface area contributed by atoms with Gasteiger partial charge >= 0.3 is 5.97 Å². The largest absolute Gasteiger partial charge is 0.465 e. The van der Waals surface area contributed by atoms with E-state index in [1.54, 1.807) is 0 Å². The summed E-state index contributed by atoms with van der Waals surface area (Å²) in [6.45, 7) is 9.97. The summed E-state index contributed by atoms with van der Waals surface area (Å²) < 4.78 is 10.4. The Balaban J connectivity index is 3.15. The summed E-state index contributed by atoms with van der Waals surface area (Å²) in [4.78, 5) is 11.1. The van der Waals surface area contributed by atoms with Crippen molar-refractivity contribution in [3.8, 4) is 0 Å². The second-order valence-electron chi connectivity index (χ2n) is 4.47. The summed E-state index contributed by atoms with van der Waals surface area (Å²) in [6.07, 6.45) is 1.88. The minimum atomic E-state index is -0.128. The summed E-state index contributed by atoms with van der Waals surface area (Å²) in [5.41, 5.74) is 0. The summed E-state index contributed by atoms with van der Waals surface area (Å²) in [5.74, 6) is 0.521. The van der Waals surface area contributed by atoms with Crippen molar-refractivity contribution in [3.63, 3.8) is 0 Å². The molecule has 3 nitrogen and oxygen atoms in total. The molecule has 0 unspecified atom stereocenters. The third kappa shape index (κ3) is 9.73. The van der Waals surface area contributed by atoms with Crippen molar-refractivity contribution < 1.29 is 14.3 Å². The van der Waals surface area contributed by atoms with Gasteiger partial charge in [-0.3, -0.25) is 4.79 Å². The van der Waals surface area contributed by atoms with Crippen LogP contribution in [0.1, 0.15) is 40.5 Å². The molecule has 15 heavy (non-hydrogen) atoms. The number of carbonyl (C=O) groups excluding carboxylic acids is 1. The van der Waals surface area contributed by atoms with E-state index in [1.807, 2.05) is 13.8 Å². The number of hydrogen-bond acceptors (Lipinski definition) is 3. The minimum Gasteiger partial charge on any atom is -0.465 e. The maximum absolute atomic E-state index is 11.1.